The first kappa shape index (κ1) is 12.3. The van der Waals surface area contributed by atoms with E-state index in [1.54, 1.807) is 24.3 Å². The minimum atomic E-state index is -3.15. The number of carbonyl (C=O) groups is 1. The topological polar surface area (TPSA) is 72.9 Å². The Morgan fingerprint density at radius 1 is 1.32 bits per heavy atom. The van der Waals surface area contributed by atoms with Gasteiger partial charge in [0.25, 0.3) is 0 Å². The molecule has 0 aliphatic carbocycles. The van der Waals surface area contributed by atoms with Gasteiger partial charge in [0.15, 0.2) is 9.84 Å². The number of methoxy groups -OCH3 is 1. The largest absolute Gasteiger partial charge is 0.495 e. The van der Waals surface area contributed by atoms with Crippen LogP contribution in [-0.2, 0) is 14.6 Å². The van der Waals surface area contributed by atoms with Crippen molar-refractivity contribution in [1.29, 1.82) is 0 Å². The summed E-state index contributed by atoms with van der Waals surface area (Å²) < 4.78 is 33.6. The summed E-state index contributed by atoms with van der Waals surface area (Å²) in [7, 11) is -1.65. The first-order chi connectivity index (χ1) is 9.02. The highest BCUT2D eigenvalue weighted by Gasteiger charge is 2.51. The standard InChI is InChI=1S/C12H13NO5S/c1-17-10-5-3-2-4-8(10)13-9-6-19(15,16)7-11(9)18-12(13)14/h2-5,9,11H,6-7H2,1H3/t9-,11+/m1/s1. The highest BCUT2D eigenvalue weighted by molar-refractivity contribution is 7.91. The number of fused-ring (bicyclic) bond motifs is 1. The highest BCUT2D eigenvalue weighted by atomic mass is 32.2. The highest BCUT2D eigenvalue weighted by Crippen LogP contribution is 2.37. The minimum Gasteiger partial charge on any atom is -0.495 e. The molecule has 2 fully saturated rings. The fourth-order valence-electron chi connectivity index (χ4n) is 2.58. The Morgan fingerprint density at radius 3 is 2.79 bits per heavy atom. The molecule has 0 spiro atoms. The average Bonchev–Trinajstić information content (AvgIpc) is 2.79. The van der Waals surface area contributed by atoms with Crippen LogP contribution in [0.15, 0.2) is 24.3 Å². The van der Waals surface area contributed by atoms with Gasteiger partial charge in [-0.25, -0.2) is 13.2 Å². The molecular formula is C12H13NO5S. The van der Waals surface area contributed by atoms with Gasteiger partial charge in [-0.3, -0.25) is 4.90 Å². The van der Waals surface area contributed by atoms with Gasteiger partial charge in [0.1, 0.15) is 11.9 Å². The van der Waals surface area contributed by atoms with Crippen LogP contribution in [0.5, 0.6) is 5.75 Å². The Bertz CT molecular complexity index is 627. The monoisotopic (exact) mass is 283 g/mol. The van der Waals surface area contributed by atoms with Crippen molar-refractivity contribution in [3.8, 4) is 5.75 Å². The number of ether oxygens (including phenoxy) is 2. The third-order valence-electron chi connectivity index (χ3n) is 3.40. The summed E-state index contributed by atoms with van der Waals surface area (Å²) in [6.45, 7) is 0. The Morgan fingerprint density at radius 2 is 2.05 bits per heavy atom. The van der Waals surface area contributed by atoms with Crippen LogP contribution in [0.4, 0.5) is 10.5 Å². The van der Waals surface area contributed by atoms with Crippen molar-refractivity contribution >= 4 is 21.6 Å². The predicted octanol–water partition coefficient (Wildman–Crippen LogP) is 0.817. The van der Waals surface area contributed by atoms with E-state index >= 15 is 0 Å². The Balaban J connectivity index is 2.02. The number of amides is 1. The van der Waals surface area contributed by atoms with E-state index in [-0.39, 0.29) is 11.5 Å². The van der Waals surface area contributed by atoms with Crippen LogP contribution in [0.25, 0.3) is 0 Å². The molecule has 0 radical (unpaired) electrons. The van der Waals surface area contributed by atoms with Gasteiger partial charge in [-0.05, 0) is 12.1 Å². The van der Waals surface area contributed by atoms with E-state index in [0.29, 0.717) is 11.4 Å². The van der Waals surface area contributed by atoms with Crippen molar-refractivity contribution in [3.63, 3.8) is 0 Å². The van der Waals surface area contributed by atoms with Crippen LogP contribution in [-0.4, -0.2) is 45.3 Å². The second-order valence-corrected chi connectivity index (χ2v) is 6.76. The van der Waals surface area contributed by atoms with Crippen molar-refractivity contribution in [2.45, 2.75) is 12.1 Å². The number of hydrogen-bond donors (Lipinski definition) is 0. The molecule has 0 unspecified atom stereocenters. The normalized spacial score (nSPS) is 28.1. The average molecular weight is 283 g/mol. The minimum absolute atomic E-state index is 0.0680. The summed E-state index contributed by atoms with van der Waals surface area (Å²) >= 11 is 0. The van der Waals surface area contributed by atoms with Gasteiger partial charge in [0, 0.05) is 0 Å². The SMILES string of the molecule is COc1ccccc1N1C(=O)O[C@H]2CS(=O)(=O)C[C@H]21. The second kappa shape index (κ2) is 4.12. The number of hydrogen-bond acceptors (Lipinski definition) is 5. The van der Waals surface area contributed by atoms with Crippen molar-refractivity contribution in [2.24, 2.45) is 0 Å². The predicted molar refractivity (Wildman–Crippen MR) is 68.2 cm³/mol. The molecule has 0 N–H and O–H groups in total. The molecular weight excluding hydrogens is 270 g/mol. The van der Waals surface area contributed by atoms with Gasteiger partial charge in [-0.15, -0.1) is 0 Å². The van der Waals surface area contributed by atoms with E-state index in [9.17, 15) is 13.2 Å². The van der Waals surface area contributed by atoms with Crippen molar-refractivity contribution in [1.82, 2.24) is 0 Å². The number of rotatable bonds is 2. The molecule has 0 bridgehead atoms. The van der Waals surface area contributed by atoms with E-state index in [0.717, 1.165) is 0 Å². The van der Waals surface area contributed by atoms with Gasteiger partial charge in [-0.2, -0.15) is 0 Å². The summed E-state index contributed by atoms with van der Waals surface area (Å²) in [4.78, 5) is 13.3. The molecule has 2 aliphatic rings. The maximum atomic E-state index is 11.9. The molecule has 3 rings (SSSR count). The maximum Gasteiger partial charge on any atom is 0.415 e. The summed E-state index contributed by atoms with van der Waals surface area (Å²) in [5, 5.41) is 0. The van der Waals surface area contributed by atoms with Crippen LogP contribution in [0.2, 0.25) is 0 Å². The maximum absolute atomic E-state index is 11.9. The van der Waals surface area contributed by atoms with E-state index < -0.39 is 28.1 Å². The lowest BCUT2D eigenvalue weighted by atomic mass is 10.2. The first-order valence-electron chi connectivity index (χ1n) is 5.85. The third-order valence-corrected chi connectivity index (χ3v) is 5.08. The number of sulfone groups is 1. The number of carbonyl (C=O) groups excluding carboxylic acids is 1. The van der Waals surface area contributed by atoms with Crippen molar-refractivity contribution in [3.05, 3.63) is 24.3 Å². The van der Waals surface area contributed by atoms with Crippen LogP contribution in [0.3, 0.4) is 0 Å². The Hall–Kier alpha value is -1.76. The molecule has 0 saturated carbocycles. The summed E-state index contributed by atoms with van der Waals surface area (Å²) in [6.07, 6.45) is -1.10. The lowest BCUT2D eigenvalue weighted by Crippen LogP contribution is -2.37. The van der Waals surface area contributed by atoms with Crippen LogP contribution in [0.1, 0.15) is 0 Å². The summed E-state index contributed by atoms with van der Waals surface area (Å²) in [6, 6.07) is 6.52. The van der Waals surface area contributed by atoms with E-state index in [4.69, 9.17) is 9.47 Å². The molecule has 6 nitrogen and oxygen atoms in total. The summed E-state index contributed by atoms with van der Waals surface area (Å²) in [5.74, 6) is 0.348. The van der Waals surface area contributed by atoms with Crippen molar-refractivity contribution < 1.29 is 22.7 Å². The van der Waals surface area contributed by atoms with Gasteiger partial charge in [0.05, 0.1) is 30.3 Å². The zero-order valence-corrected chi connectivity index (χ0v) is 11.1. The molecule has 1 aromatic carbocycles. The number of para-hydroxylation sites is 2. The molecule has 102 valence electrons. The smallest absolute Gasteiger partial charge is 0.415 e. The number of anilines is 1. The van der Waals surface area contributed by atoms with Gasteiger partial charge >= 0.3 is 6.09 Å². The molecule has 2 heterocycles. The molecule has 2 atom stereocenters. The van der Waals surface area contributed by atoms with E-state index in [1.165, 1.54) is 12.0 Å². The molecule has 19 heavy (non-hydrogen) atoms. The molecule has 2 saturated heterocycles. The van der Waals surface area contributed by atoms with Crippen molar-refractivity contribution in [2.75, 3.05) is 23.5 Å². The molecule has 7 heteroatoms. The number of benzene rings is 1. The van der Waals surface area contributed by atoms with Crippen LogP contribution in [0, 0.1) is 0 Å². The fourth-order valence-corrected chi connectivity index (χ4v) is 4.39. The van der Waals surface area contributed by atoms with Gasteiger partial charge < -0.3 is 9.47 Å². The van der Waals surface area contributed by atoms with Crippen LogP contribution >= 0.6 is 0 Å². The lowest BCUT2D eigenvalue weighted by molar-refractivity contribution is 0.147. The first-order valence-corrected chi connectivity index (χ1v) is 7.67. The third kappa shape index (κ3) is 1.94. The fraction of sp³-hybridized carbons (Fsp3) is 0.417. The molecule has 1 amide bonds. The Kier molecular flexibility index (Phi) is 2.67. The van der Waals surface area contributed by atoms with Gasteiger partial charge in [-0.1, -0.05) is 12.1 Å². The molecule has 1 aromatic rings. The van der Waals surface area contributed by atoms with Crippen LogP contribution < -0.4 is 9.64 Å². The molecule has 0 aromatic heterocycles. The zero-order chi connectivity index (χ0) is 13.6. The lowest BCUT2D eigenvalue weighted by Gasteiger charge is -2.21. The zero-order valence-electron chi connectivity index (χ0n) is 10.3. The van der Waals surface area contributed by atoms with E-state index in [2.05, 4.69) is 0 Å². The quantitative estimate of drug-likeness (QED) is 0.803. The Labute approximate surface area is 110 Å². The second-order valence-electron chi connectivity index (χ2n) is 4.61. The number of nitrogens with zero attached hydrogens (tertiary/aromatic N) is 1. The van der Waals surface area contributed by atoms with Gasteiger partial charge in [0.2, 0.25) is 0 Å². The van der Waals surface area contributed by atoms with E-state index in [1.807, 2.05) is 0 Å². The summed E-state index contributed by atoms with van der Waals surface area (Å²) in [5.41, 5.74) is 0.541. The molecule has 2 aliphatic heterocycles.